The minimum Gasteiger partial charge on any atom is -0.478 e. The molecular weight excluding hydrogens is 492 g/mol. The zero-order chi connectivity index (χ0) is 27.3. The van der Waals surface area contributed by atoms with Gasteiger partial charge in [-0.2, -0.15) is 0 Å². The Bertz CT molecular complexity index is 1090. The first-order valence-electron chi connectivity index (χ1n) is 13.9. The van der Waals surface area contributed by atoms with Gasteiger partial charge in [0.2, 0.25) is 6.10 Å². The molecule has 1 aromatic heterocycles. The van der Waals surface area contributed by atoms with E-state index in [1.165, 1.54) is 6.42 Å². The topological polar surface area (TPSA) is 133 Å². The van der Waals surface area contributed by atoms with Crippen molar-refractivity contribution in [2.75, 3.05) is 13.2 Å². The molecule has 3 aliphatic rings. The number of amides is 1. The van der Waals surface area contributed by atoms with E-state index in [2.05, 4.69) is 5.32 Å². The Balaban J connectivity index is 1.48. The van der Waals surface area contributed by atoms with E-state index >= 15 is 0 Å². The molecule has 2 fully saturated rings. The van der Waals surface area contributed by atoms with Crippen molar-refractivity contribution in [2.45, 2.75) is 109 Å². The number of aryl methyl sites for hydroxylation is 1. The second-order valence-corrected chi connectivity index (χ2v) is 11.2. The summed E-state index contributed by atoms with van der Waals surface area (Å²) in [6, 6.07) is 1.69. The van der Waals surface area contributed by atoms with Gasteiger partial charge < -0.3 is 29.2 Å². The summed E-state index contributed by atoms with van der Waals surface area (Å²) in [6.45, 7) is 3.27. The van der Waals surface area contributed by atoms with Crippen molar-refractivity contribution in [1.82, 2.24) is 9.88 Å². The molecule has 2 unspecified atom stereocenters. The van der Waals surface area contributed by atoms with E-state index in [1.807, 2.05) is 4.57 Å². The van der Waals surface area contributed by atoms with Crippen LogP contribution in [0.25, 0.3) is 0 Å². The Kier molecular flexibility index (Phi) is 9.25. The summed E-state index contributed by atoms with van der Waals surface area (Å²) in [5.74, 6) is -3.54. The predicted octanol–water partition coefficient (Wildman–Crippen LogP) is 2.97. The average molecular weight is 533 g/mol. The largest absolute Gasteiger partial charge is 0.478 e. The third-order valence-electron chi connectivity index (χ3n) is 7.77. The average Bonchev–Trinajstić information content (AvgIpc) is 3.23. The Labute approximate surface area is 223 Å². The highest BCUT2D eigenvalue weighted by Gasteiger charge is 2.42. The second kappa shape index (κ2) is 12.4. The van der Waals surface area contributed by atoms with Crippen LogP contribution in [-0.2, 0) is 43.2 Å². The summed E-state index contributed by atoms with van der Waals surface area (Å²) >= 11 is 0. The van der Waals surface area contributed by atoms with E-state index in [0.717, 1.165) is 75.5 Å². The lowest BCUT2D eigenvalue weighted by Crippen LogP contribution is -2.43. The number of carbonyl (C=O) groups is 3. The Morgan fingerprint density at radius 3 is 2.45 bits per heavy atom. The summed E-state index contributed by atoms with van der Waals surface area (Å²) in [4.78, 5) is 50.8. The number of hydrogen-bond donors (Lipinski definition) is 2. The number of aromatic nitrogens is 1. The van der Waals surface area contributed by atoms with Crippen LogP contribution in [0.1, 0.15) is 93.3 Å². The van der Waals surface area contributed by atoms with Crippen LogP contribution in [0, 0.1) is 5.92 Å². The number of nitrogens with one attached hydrogen (secondary N) is 1. The summed E-state index contributed by atoms with van der Waals surface area (Å²) < 4.78 is 17.8. The number of carboxylic acids is 1. The van der Waals surface area contributed by atoms with Crippen LogP contribution in [0.2, 0.25) is 0 Å². The molecule has 2 heterocycles. The van der Waals surface area contributed by atoms with Gasteiger partial charge >= 0.3 is 11.9 Å². The van der Waals surface area contributed by atoms with E-state index < -0.39 is 42.4 Å². The molecule has 0 radical (unpaired) electrons. The number of ether oxygens (including phenoxy) is 3. The lowest BCUT2D eigenvalue weighted by Gasteiger charge is -2.26. The van der Waals surface area contributed by atoms with Crippen LogP contribution in [0.5, 0.6) is 0 Å². The molecule has 10 heteroatoms. The standard InChI is InChI=1S/C28H40N2O8/c1-28(2)36-17-22(38-28)24(27(34)35)37-23(31)15-29-25(32)20-14-19-12-8-3-4-9-13-21(19)30(26(20)33)16-18-10-6-5-7-11-18/h14,18,22,24H,3-13,15-17H2,1-2H3,(H,29,32)(H,34,35). The predicted molar refractivity (Wildman–Crippen MR) is 138 cm³/mol. The highest BCUT2D eigenvalue weighted by Crippen LogP contribution is 2.28. The molecule has 2 N–H and O–H groups in total. The minimum atomic E-state index is -1.58. The van der Waals surface area contributed by atoms with Crippen LogP contribution in [0.15, 0.2) is 10.9 Å². The second-order valence-electron chi connectivity index (χ2n) is 11.2. The molecular formula is C28H40N2O8. The first kappa shape index (κ1) is 28.3. The highest BCUT2D eigenvalue weighted by molar-refractivity contribution is 5.96. The minimum absolute atomic E-state index is 0.0111. The molecule has 1 saturated carbocycles. The molecule has 0 spiro atoms. The Morgan fingerprint density at radius 1 is 1.11 bits per heavy atom. The molecule has 1 aromatic rings. The first-order valence-corrected chi connectivity index (χ1v) is 13.9. The molecule has 210 valence electrons. The number of pyridine rings is 1. The Morgan fingerprint density at radius 2 is 1.79 bits per heavy atom. The van der Waals surface area contributed by atoms with Crippen molar-refractivity contribution in [3.8, 4) is 0 Å². The number of esters is 1. The van der Waals surface area contributed by atoms with E-state index in [-0.39, 0.29) is 17.7 Å². The van der Waals surface area contributed by atoms with Crippen LogP contribution >= 0.6 is 0 Å². The van der Waals surface area contributed by atoms with Crippen LogP contribution < -0.4 is 10.9 Å². The SMILES string of the molecule is CC1(C)OCC(C(OC(=O)CNC(=O)c2cc3c(n(CC4CCCCC4)c2=O)CCCCCC3)C(=O)O)O1. The van der Waals surface area contributed by atoms with Gasteiger partial charge in [-0.3, -0.25) is 14.4 Å². The fourth-order valence-electron chi connectivity index (χ4n) is 5.80. The maximum atomic E-state index is 13.6. The third kappa shape index (κ3) is 7.02. The summed E-state index contributed by atoms with van der Waals surface area (Å²) in [7, 11) is 0. The molecule has 0 bridgehead atoms. The summed E-state index contributed by atoms with van der Waals surface area (Å²) in [6.07, 6.45) is 9.08. The zero-order valence-electron chi connectivity index (χ0n) is 22.5. The third-order valence-corrected chi connectivity index (χ3v) is 7.77. The molecule has 38 heavy (non-hydrogen) atoms. The molecule has 0 aromatic carbocycles. The van der Waals surface area contributed by atoms with Gasteiger partial charge in [-0.15, -0.1) is 0 Å². The molecule has 10 nitrogen and oxygen atoms in total. The number of fused-ring (bicyclic) bond motifs is 1. The molecule has 1 aliphatic heterocycles. The normalized spacial score (nSPS) is 22.5. The summed E-state index contributed by atoms with van der Waals surface area (Å²) in [5.41, 5.74) is 1.75. The molecule has 1 saturated heterocycles. The van der Waals surface area contributed by atoms with Gasteiger partial charge in [0.1, 0.15) is 18.2 Å². The number of hydrogen-bond acceptors (Lipinski definition) is 7. The smallest absolute Gasteiger partial charge is 0.347 e. The summed E-state index contributed by atoms with van der Waals surface area (Å²) in [5, 5.41) is 12.0. The van der Waals surface area contributed by atoms with E-state index in [0.29, 0.717) is 12.5 Å². The van der Waals surface area contributed by atoms with Crippen molar-refractivity contribution in [1.29, 1.82) is 0 Å². The number of carbonyl (C=O) groups excluding carboxylic acids is 2. The van der Waals surface area contributed by atoms with Crippen molar-refractivity contribution < 1.29 is 33.7 Å². The maximum absolute atomic E-state index is 13.6. The van der Waals surface area contributed by atoms with Gasteiger partial charge in [0.25, 0.3) is 11.5 Å². The van der Waals surface area contributed by atoms with E-state index in [1.54, 1.807) is 19.9 Å². The van der Waals surface area contributed by atoms with E-state index in [4.69, 9.17) is 14.2 Å². The van der Waals surface area contributed by atoms with Crippen LogP contribution in [0.3, 0.4) is 0 Å². The van der Waals surface area contributed by atoms with Gasteiger partial charge in [-0.25, -0.2) is 4.79 Å². The van der Waals surface area contributed by atoms with E-state index in [9.17, 15) is 24.3 Å². The lowest BCUT2D eigenvalue weighted by atomic mass is 9.88. The molecule has 2 aliphatic carbocycles. The fourth-order valence-corrected chi connectivity index (χ4v) is 5.80. The first-order chi connectivity index (χ1) is 18.1. The van der Waals surface area contributed by atoms with Crippen molar-refractivity contribution in [3.05, 3.63) is 33.2 Å². The molecule has 2 atom stereocenters. The highest BCUT2D eigenvalue weighted by atomic mass is 16.8. The van der Waals surface area contributed by atoms with Gasteiger partial charge in [-0.1, -0.05) is 32.1 Å². The number of carboxylic acid groups (broad SMARTS) is 1. The van der Waals surface area contributed by atoms with Crippen LogP contribution in [0.4, 0.5) is 0 Å². The fraction of sp³-hybridized carbons (Fsp3) is 0.714. The molecule has 4 rings (SSSR count). The zero-order valence-corrected chi connectivity index (χ0v) is 22.5. The molecule has 1 amide bonds. The van der Waals surface area contributed by atoms with Gasteiger partial charge in [0.15, 0.2) is 5.79 Å². The van der Waals surface area contributed by atoms with Crippen molar-refractivity contribution >= 4 is 17.8 Å². The van der Waals surface area contributed by atoms with Gasteiger partial charge in [0, 0.05) is 12.2 Å². The van der Waals surface area contributed by atoms with Gasteiger partial charge in [-0.05, 0) is 69.9 Å². The quantitative estimate of drug-likeness (QED) is 0.488. The number of aliphatic carboxylic acids is 1. The van der Waals surface area contributed by atoms with Crippen molar-refractivity contribution in [2.24, 2.45) is 5.92 Å². The lowest BCUT2D eigenvalue weighted by molar-refractivity contribution is -0.182. The van der Waals surface area contributed by atoms with Gasteiger partial charge in [0.05, 0.1) is 6.61 Å². The monoisotopic (exact) mass is 532 g/mol. The number of nitrogens with zero attached hydrogens (tertiary/aromatic N) is 1. The Hall–Kier alpha value is -2.72. The van der Waals surface area contributed by atoms with Crippen molar-refractivity contribution in [3.63, 3.8) is 0 Å². The van der Waals surface area contributed by atoms with Crippen LogP contribution in [-0.4, -0.2) is 58.7 Å². The number of rotatable bonds is 8. The maximum Gasteiger partial charge on any atom is 0.347 e.